The van der Waals surface area contributed by atoms with Crippen molar-refractivity contribution in [2.75, 3.05) is 27.2 Å². The first-order valence-corrected chi connectivity index (χ1v) is 9.53. The number of carbonyl (C=O) groups excluding carboxylic acids is 1. The molecule has 0 atom stereocenters. The lowest BCUT2D eigenvalue weighted by atomic mass is 9.94. The molecule has 2 amide bonds. The molecule has 0 aromatic heterocycles. The van der Waals surface area contributed by atoms with Gasteiger partial charge in [0, 0.05) is 38.3 Å². The number of likely N-dealkylation sites (tertiary alicyclic amines) is 1. The molecule has 2 aliphatic heterocycles. The molecule has 2 heterocycles. The fraction of sp³-hybridized carbons (Fsp3) is 0.524. The lowest BCUT2D eigenvalue weighted by molar-refractivity contribution is 0.00483. The monoisotopic (exact) mass is 406 g/mol. The standard InChI is InChI=1S/C21H32N4O3.H2O/c1-7-16(13-22-5)14(2)19-17(15(3)28-6)12-18(23-19)24-20(26)25-10-8-21(4,27)9-11-25;/h7,13,22,27H,1,8-12H2,2-6H3,(H,23,24,26);1H2/b16-13+,17-15+,19-14-;. The number of hydrogen-bond donors (Lipinski definition) is 3. The number of allylic oxidation sites excluding steroid dienone is 5. The van der Waals surface area contributed by atoms with E-state index in [9.17, 15) is 9.90 Å². The molecule has 0 bridgehead atoms. The molecule has 2 rings (SSSR count). The zero-order chi connectivity index (χ0) is 20.9. The first-order valence-electron chi connectivity index (χ1n) is 9.53. The number of aliphatic hydroxyl groups is 1. The van der Waals surface area contributed by atoms with Crippen LogP contribution in [0.2, 0.25) is 0 Å². The molecule has 8 heteroatoms. The molecule has 0 aliphatic carbocycles. The molecule has 0 aromatic rings. The molecule has 2 aliphatic rings. The van der Waals surface area contributed by atoms with E-state index in [2.05, 4.69) is 22.2 Å². The van der Waals surface area contributed by atoms with Crippen LogP contribution in [0, 0.1) is 0 Å². The lowest BCUT2D eigenvalue weighted by Crippen LogP contribution is -2.49. The van der Waals surface area contributed by atoms with Crippen LogP contribution < -0.4 is 10.6 Å². The van der Waals surface area contributed by atoms with E-state index in [4.69, 9.17) is 4.74 Å². The van der Waals surface area contributed by atoms with Crippen molar-refractivity contribution in [2.24, 2.45) is 4.99 Å². The van der Waals surface area contributed by atoms with Crippen molar-refractivity contribution < 1.29 is 20.1 Å². The van der Waals surface area contributed by atoms with Gasteiger partial charge in [-0.2, -0.15) is 0 Å². The van der Waals surface area contributed by atoms with Crippen LogP contribution in [-0.4, -0.2) is 60.2 Å². The third kappa shape index (κ3) is 5.95. The second-order valence-corrected chi connectivity index (χ2v) is 7.45. The van der Waals surface area contributed by atoms with Crippen LogP contribution in [0.4, 0.5) is 4.79 Å². The SMILES string of the molecule is C=CC(=C\NC)/C(C)=C1\N=C(NC(=O)N2CCC(C)(O)CC2)C\C1=C(\C)OC.O. The number of nitrogens with one attached hydrogen (secondary N) is 2. The number of carbonyl (C=O) groups is 1. The van der Waals surface area contributed by atoms with E-state index in [0.29, 0.717) is 38.2 Å². The molecular formula is C21H34N4O4. The van der Waals surface area contributed by atoms with Crippen LogP contribution in [-0.2, 0) is 4.74 Å². The molecule has 0 spiro atoms. The highest BCUT2D eigenvalue weighted by molar-refractivity contribution is 6.01. The number of nitrogens with zero attached hydrogens (tertiary/aromatic N) is 2. The van der Waals surface area contributed by atoms with Crippen LogP contribution >= 0.6 is 0 Å². The summed E-state index contributed by atoms with van der Waals surface area (Å²) >= 11 is 0. The Hall–Kier alpha value is -2.58. The zero-order valence-corrected chi connectivity index (χ0v) is 18.1. The predicted octanol–water partition coefficient (Wildman–Crippen LogP) is 2.00. The summed E-state index contributed by atoms with van der Waals surface area (Å²) in [5.74, 6) is 1.36. The highest BCUT2D eigenvalue weighted by Gasteiger charge is 2.31. The Bertz CT molecular complexity index is 753. The number of aliphatic imine (C=N–C) groups is 1. The number of methoxy groups -OCH3 is 1. The van der Waals surface area contributed by atoms with Gasteiger partial charge in [-0.15, -0.1) is 0 Å². The van der Waals surface area contributed by atoms with Crippen molar-refractivity contribution in [3.05, 3.63) is 47.0 Å². The molecule has 1 fully saturated rings. The van der Waals surface area contributed by atoms with E-state index in [1.54, 1.807) is 18.1 Å². The number of amides is 2. The maximum absolute atomic E-state index is 12.6. The smallest absolute Gasteiger partial charge is 0.322 e. The van der Waals surface area contributed by atoms with Gasteiger partial charge in [-0.1, -0.05) is 12.7 Å². The molecular weight excluding hydrogens is 372 g/mol. The van der Waals surface area contributed by atoms with Gasteiger partial charge in [0.25, 0.3) is 0 Å². The number of ether oxygens (including phenoxy) is 1. The van der Waals surface area contributed by atoms with Crippen LogP contribution in [0.3, 0.4) is 0 Å². The normalized spacial score (nSPS) is 22.2. The molecule has 0 radical (unpaired) electrons. The van der Waals surface area contributed by atoms with Gasteiger partial charge < -0.3 is 25.5 Å². The van der Waals surface area contributed by atoms with Gasteiger partial charge in [-0.05, 0) is 44.8 Å². The van der Waals surface area contributed by atoms with E-state index in [1.165, 1.54) is 0 Å². The van der Waals surface area contributed by atoms with Crippen molar-refractivity contribution >= 4 is 11.9 Å². The Labute approximate surface area is 173 Å². The first kappa shape index (κ1) is 24.5. The number of amidine groups is 1. The molecule has 0 unspecified atom stereocenters. The van der Waals surface area contributed by atoms with Crippen LogP contribution in [0.25, 0.3) is 0 Å². The fourth-order valence-electron chi connectivity index (χ4n) is 3.30. The average molecular weight is 407 g/mol. The third-order valence-electron chi connectivity index (χ3n) is 5.30. The van der Waals surface area contributed by atoms with Crippen molar-refractivity contribution in [3.8, 4) is 0 Å². The summed E-state index contributed by atoms with van der Waals surface area (Å²) in [5, 5.41) is 16.0. The second kappa shape index (κ2) is 10.3. The Morgan fingerprint density at radius 1 is 1.34 bits per heavy atom. The van der Waals surface area contributed by atoms with Gasteiger partial charge in [0.1, 0.15) is 5.84 Å². The van der Waals surface area contributed by atoms with Gasteiger partial charge in [0.05, 0.1) is 24.2 Å². The number of hydrogen-bond acceptors (Lipinski definition) is 5. The Morgan fingerprint density at radius 2 is 1.97 bits per heavy atom. The van der Waals surface area contributed by atoms with Crippen molar-refractivity contribution in [3.63, 3.8) is 0 Å². The highest BCUT2D eigenvalue weighted by atomic mass is 16.5. The summed E-state index contributed by atoms with van der Waals surface area (Å²) in [4.78, 5) is 19.0. The quantitative estimate of drug-likeness (QED) is 0.489. The molecule has 0 saturated carbocycles. The summed E-state index contributed by atoms with van der Waals surface area (Å²) in [5.41, 5.74) is 2.92. The average Bonchev–Trinajstić information content (AvgIpc) is 3.08. The minimum absolute atomic E-state index is 0. The summed E-state index contributed by atoms with van der Waals surface area (Å²) in [7, 11) is 3.46. The topological polar surface area (TPSA) is 118 Å². The van der Waals surface area contributed by atoms with Gasteiger partial charge in [0.2, 0.25) is 0 Å². The van der Waals surface area contributed by atoms with E-state index in [0.717, 1.165) is 28.2 Å². The minimum Gasteiger partial charge on any atom is -0.501 e. The van der Waals surface area contributed by atoms with E-state index in [-0.39, 0.29) is 11.5 Å². The van der Waals surface area contributed by atoms with E-state index < -0.39 is 5.60 Å². The Balaban J connectivity index is 0.00000420. The molecule has 5 N–H and O–H groups in total. The van der Waals surface area contributed by atoms with Crippen LogP contribution in [0.15, 0.2) is 52.0 Å². The molecule has 29 heavy (non-hydrogen) atoms. The molecule has 8 nitrogen and oxygen atoms in total. The number of urea groups is 1. The van der Waals surface area contributed by atoms with Crippen molar-refractivity contribution in [2.45, 2.75) is 45.6 Å². The number of piperidine rings is 1. The Kier molecular flexibility index (Phi) is 8.66. The van der Waals surface area contributed by atoms with Crippen molar-refractivity contribution in [1.29, 1.82) is 0 Å². The molecule has 1 saturated heterocycles. The molecule has 0 aromatic carbocycles. The number of rotatable bonds is 4. The van der Waals surface area contributed by atoms with Gasteiger partial charge in [-0.3, -0.25) is 5.32 Å². The van der Waals surface area contributed by atoms with E-state index in [1.807, 2.05) is 34.0 Å². The maximum Gasteiger partial charge on any atom is 0.322 e. The van der Waals surface area contributed by atoms with Gasteiger partial charge in [-0.25, -0.2) is 9.79 Å². The second-order valence-electron chi connectivity index (χ2n) is 7.45. The lowest BCUT2D eigenvalue weighted by Gasteiger charge is -2.35. The highest BCUT2D eigenvalue weighted by Crippen LogP contribution is 2.32. The van der Waals surface area contributed by atoms with Gasteiger partial charge >= 0.3 is 6.03 Å². The maximum atomic E-state index is 12.6. The van der Waals surface area contributed by atoms with Crippen LogP contribution in [0.5, 0.6) is 0 Å². The molecule has 162 valence electrons. The van der Waals surface area contributed by atoms with Gasteiger partial charge in [0.15, 0.2) is 0 Å². The minimum atomic E-state index is -0.694. The Morgan fingerprint density at radius 3 is 2.48 bits per heavy atom. The predicted molar refractivity (Wildman–Crippen MR) is 115 cm³/mol. The summed E-state index contributed by atoms with van der Waals surface area (Å²) in [6, 6.07) is -0.183. The van der Waals surface area contributed by atoms with Crippen LogP contribution in [0.1, 0.15) is 40.0 Å². The largest absolute Gasteiger partial charge is 0.501 e. The zero-order valence-electron chi connectivity index (χ0n) is 18.1. The summed E-state index contributed by atoms with van der Waals surface area (Å²) < 4.78 is 5.44. The summed E-state index contributed by atoms with van der Waals surface area (Å²) in [6.07, 6.45) is 5.27. The van der Waals surface area contributed by atoms with E-state index >= 15 is 0 Å². The first-order chi connectivity index (χ1) is 13.2. The third-order valence-corrected chi connectivity index (χ3v) is 5.30. The summed E-state index contributed by atoms with van der Waals surface area (Å²) in [6.45, 7) is 10.6. The fourth-order valence-corrected chi connectivity index (χ4v) is 3.30. The van der Waals surface area contributed by atoms with Crippen molar-refractivity contribution in [1.82, 2.24) is 15.5 Å².